The molecule has 5 heteroatoms. The fraction of sp³-hybridized carbons (Fsp3) is 0.571. The molecule has 1 rings (SSSR count). The first-order valence-corrected chi connectivity index (χ1v) is 12.8. The summed E-state index contributed by atoms with van der Waals surface area (Å²) >= 11 is 0. The predicted molar refractivity (Wildman–Crippen MR) is 87.0 cm³/mol. The van der Waals surface area contributed by atoms with E-state index in [1.165, 1.54) is 0 Å². The van der Waals surface area contributed by atoms with E-state index in [-0.39, 0.29) is 0 Å². The molecule has 0 aliphatic heterocycles. The van der Waals surface area contributed by atoms with Crippen molar-refractivity contribution in [3.8, 4) is 11.5 Å². The maximum absolute atomic E-state index is 9.66. The summed E-state index contributed by atoms with van der Waals surface area (Å²) < 4.78 is 11.8. The standard InChI is InChI=1S/C14H25O3PSi/c1-7-17-19(5,6)11-16-13-9-8-12(15)10-14(13)18(2,3)4/h8-10H,7,11H2,1-6H3/p+1. The first-order chi connectivity index (χ1) is 8.65. The molecule has 0 atom stereocenters. The number of benzene rings is 1. The van der Waals surface area contributed by atoms with Gasteiger partial charge in [-0.3, -0.25) is 0 Å². The van der Waals surface area contributed by atoms with Gasteiger partial charge in [0.15, 0.2) is 5.75 Å². The van der Waals surface area contributed by atoms with E-state index in [1.54, 1.807) is 6.07 Å². The summed E-state index contributed by atoms with van der Waals surface area (Å²) in [4.78, 5) is 0. The van der Waals surface area contributed by atoms with Gasteiger partial charge >= 0.3 is 0 Å². The molecule has 0 spiro atoms. The molecule has 0 aromatic heterocycles. The van der Waals surface area contributed by atoms with E-state index in [4.69, 9.17) is 9.16 Å². The van der Waals surface area contributed by atoms with Gasteiger partial charge in [0.05, 0.1) is 20.0 Å². The normalized spacial score (nSPS) is 12.5. The van der Waals surface area contributed by atoms with Crippen molar-refractivity contribution < 1.29 is 14.3 Å². The minimum absolute atomic E-state index is 0.304. The van der Waals surface area contributed by atoms with E-state index in [2.05, 4.69) is 33.1 Å². The number of phenols is 1. The summed E-state index contributed by atoms with van der Waals surface area (Å²) in [6, 6.07) is 5.38. The van der Waals surface area contributed by atoms with Crippen LogP contribution in [0.4, 0.5) is 0 Å². The largest absolute Gasteiger partial charge is 0.508 e. The van der Waals surface area contributed by atoms with Gasteiger partial charge in [-0.05, 0) is 32.2 Å². The summed E-state index contributed by atoms with van der Waals surface area (Å²) in [5, 5.41) is 10.8. The Balaban J connectivity index is 2.90. The molecule has 108 valence electrons. The third kappa shape index (κ3) is 5.13. The van der Waals surface area contributed by atoms with E-state index < -0.39 is 15.6 Å². The number of phenolic OH excluding ortho intramolecular Hbond substituents is 1. The lowest BCUT2D eigenvalue weighted by molar-refractivity contribution is 0.285. The molecule has 0 saturated heterocycles. The van der Waals surface area contributed by atoms with Crippen molar-refractivity contribution in [2.45, 2.75) is 20.0 Å². The molecule has 0 saturated carbocycles. The van der Waals surface area contributed by atoms with Crippen molar-refractivity contribution in [3.05, 3.63) is 18.2 Å². The third-order valence-electron chi connectivity index (χ3n) is 2.78. The van der Waals surface area contributed by atoms with E-state index in [1.807, 2.05) is 19.1 Å². The second-order valence-electron chi connectivity index (χ2n) is 6.15. The van der Waals surface area contributed by atoms with Crippen LogP contribution in [0.3, 0.4) is 0 Å². The molecule has 0 heterocycles. The Hall–Kier alpha value is -0.573. The predicted octanol–water partition coefficient (Wildman–Crippen LogP) is 3.08. The Bertz CT molecular complexity index is 427. The van der Waals surface area contributed by atoms with Crippen LogP contribution in [-0.2, 0) is 4.43 Å². The van der Waals surface area contributed by atoms with Crippen molar-refractivity contribution in [2.75, 3.05) is 32.8 Å². The van der Waals surface area contributed by atoms with E-state index in [9.17, 15) is 5.11 Å². The van der Waals surface area contributed by atoms with Gasteiger partial charge in [-0.25, -0.2) is 0 Å². The summed E-state index contributed by atoms with van der Waals surface area (Å²) in [6.45, 7) is 13.7. The highest BCUT2D eigenvalue weighted by molar-refractivity contribution is 7.81. The highest BCUT2D eigenvalue weighted by atomic mass is 31.2. The quantitative estimate of drug-likeness (QED) is 0.648. The Kier molecular flexibility index (Phi) is 5.42. The van der Waals surface area contributed by atoms with Crippen LogP contribution in [0.5, 0.6) is 11.5 Å². The van der Waals surface area contributed by atoms with Gasteiger partial charge in [-0.1, -0.05) is 0 Å². The maximum atomic E-state index is 9.66. The van der Waals surface area contributed by atoms with Gasteiger partial charge in [0.25, 0.3) is 0 Å². The molecule has 3 nitrogen and oxygen atoms in total. The Morgan fingerprint density at radius 2 is 1.84 bits per heavy atom. The maximum Gasteiger partial charge on any atom is 0.224 e. The molecule has 19 heavy (non-hydrogen) atoms. The van der Waals surface area contributed by atoms with Crippen LogP contribution in [0.1, 0.15) is 6.92 Å². The monoisotopic (exact) mass is 301 g/mol. The van der Waals surface area contributed by atoms with Crippen LogP contribution in [0, 0.1) is 0 Å². The smallest absolute Gasteiger partial charge is 0.224 e. The lowest BCUT2D eigenvalue weighted by Crippen LogP contribution is -2.39. The zero-order valence-electron chi connectivity index (χ0n) is 12.9. The van der Waals surface area contributed by atoms with Crippen molar-refractivity contribution in [3.63, 3.8) is 0 Å². The fourth-order valence-corrected chi connectivity index (χ4v) is 4.52. The highest BCUT2D eigenvalue weighted by Gasteiger charge is 2.29. The molecule has 0 amide bonds. The SMILES string of the molecule is CCO[Si](C)(C)COc1ccc(O)cc1[P+](C)(C)C. The second-order valence-corrected chi connectivity index (χ2v) is 14.7. The van der Waals surface area contributed by atoms with Crippen LogP contribution < -0.4 is 10.0 Å². The molecule has 1 aromatic rings. The Labute approximate surface area is 118 Å². The molecule has 0 fully saturated rings. The zero-order valence-corrected chi connectivity index (χ0v) is 14.8. The molecule has 0 unspecified atom stereocenters. The summed E-state index contributed by atoms with van der Waals surface area (Å²) in [5.41, 5.74) is 0. The molecular formula is C14H26O3PSi+. The number of ether oxygens (including phenoxy) is 1. The van der Waals surface area contributed by atoms with Crippen molar-refractivity contribution in [1.29, 1.82) is 0 Å². The summed E-state index contributed by atoms with van der Waals surface area (Å²) in [6.07, 6.45) is 0.638. The number of aromatic hydroxyl groups is 1. The summed E-state index contributed by atoms with van der Waals surface area (Å²) in [5.74, 6) is 1.19. The molecule has 0 aliphatic rings. The van der Waals surface area contributed by atoms with E-state index in [0.717, 1.165) is 17.7 Å². The van der Waals surface area contributed by atoms with Gasteiger partial charge in [0.2, 0.25) is 8.32 Å². The Morgan fingerprint density at radius 1 is 1.21 bits per heavy atom. The van der Waals surface area contributed by atoms with Gasteiger partial charge in [-0.15, -0.1) is 0 Å². The van der Waals surface area contributed by atoms with Gasteiger partial charge < -0.3 is 14.3 Å². The average molecular weight is 301 g/mol. The van der Waals surface area contributed by atoms with Gasteiger partial charge in [-0.2, -0.15) is 0 Å². The van der Waals surface area contributed by atoms with Crippen LogP contribution in [0.25, 0.3) is 0 Å². The zero-order chi connectivity index (χ0) is 14.7. The average Bonchev–Trinajstić information content (AvgIpc) is 2.26. The number of hydrogen-bond acceptors (Lipinski definition) is 3. The molecular weight excluding hydrogens is 275 g/mol. The third-order valence-corrected chi connectivity index (χ3v) is 6.48. The van der Waals surface area contributed by atoms with Crippen LogP contribution in [-0.4, -0.2) is 46.3 Å². The lowest BCUT2D eigenvalue weighted by atomic mass is 10.3. The molecule has 1 aromatic carbocycles. The van der Waals surface area contributed by atoms with E-state index in [0.29, 0.717) is 12.0 Å². The summed E-state index contributed by atoms with van der Waals surface area (Å²) in [7, 11) is -2.99. The number of rotatable bonds is 6. The molecule has 1 N–H and O–H groups in total. The molecule has 0 bridgehead atoms. The van der Waals surface area contributed by atoms with Crippen molar-refractivity contribution in [2.24, 2.45) is 0 Å². The second kappa shape index (κ2) is 6.25. The topological polar surface area (TPSA) is 38.7 Å². The number of hydrogen-bond donors (Lipinski definition) is 1. The minimum Gasteiger partial charge on any atom is -0.508 e. The first-order valence-electron chi connectivity index (χ1n) is 6.57. The van der Waals surface area contributed by atoms with E-state index >= 15 is 0 Å². The molecule has 0 radical (unpaired) electrons. The van der Waals surface area contributed by atoms with Gasteiger partial charge in [0.1, 0.15) is 17.3 Å². The van der Waals surface area contributed by atoms with Crippen molar-refractivity contribution in [1.82, 2.24) is 0 Å². The first kappa shape index (κ1) is 16.5. The lowest BCUT2D eigenvalue weighted by Gasteiger charge is -2.23. The van der Waals surface area contributed by atoms with Crippen LogP contribution in [0.2, 0.25) is 13.1 Å². The van der Waals surface area contributed by atoms with Crippen LogP contribution in [0.15, 0.2) is 18.2 Å². The van der Waals surface area contributed by atoms with Crippen LogP contribution >= 0.6 is 7.26 Å². The Morgan fingerprint density at radius 3 is 2.37 bits per heavy atom. The van der Waals surface area contributed by atoms with Gasteiger partial charge in [0, 0.05) is 19.9 Å². The fourth-order valence-electron chi connectivity index (χ4n) is 1.84. The molecule has 0 aliphatic carbocycles. The van der Waals surface area contributed by atoms with Crippen molar-refractivity contribution >= 4 is 20.9 Å². The minimum atomic E-state index is -1.75. The highest BCUT2D eigenvalue weighted by Crippen LogP contribution is 2.48.